The highest BCUT2D eigenvalue weighted by atomic mass is 16.5. The molecule has 3 aromatic rings. The molecule has 0 aliphatic heterocycles. The number of ether oxygens (including phenoxy) is 2. The lowest BCUT2D eigenvalue weighted by atomic mass is 10.1. The number of nitrogens with zero attached hydrogens (tertiary/aromatic N) is 2. The van der Waals surface area contributed by atoms with Gasteiger partial charge in [-0.15, -0.1) is 0 Å². The van der Waals surface area contributed by atoms with Crippen LogP contribution in [0.5, 0.6) is 11.5 Å². The maximum absolute atomic E-state index is 12.3. The first kappa shape index (κ1) is 18.4. The lowest BCUT2D eigenvalue weighted by molar-refractivity contribution is -0.115. The predicted molar refractivity (Wildman–Crippen MR) is 101 cm³/mol. The van der Waals surface area contributed by atoms with Gasteiger partial charge < -0.3 is 19.3 Å². The first-order valence-electron chi connectivity index (χ1n) is 8.42. The van der Waals surface area contributed by atoms with Gasteiger partial charge in [0.15, 0.2) is 17.3 Å². The van der Waals surface area contributed by atoms with Crippen molar-refractivity contribution in [2.75, 3.05) is 19.5 Å². The third-order valence-corrected chi connectivity index (χ3v) is 4.08. The van der Waals surface area contributed by atoms with Gasteiger partial charge in [0.1, 0.15) is 0 Å². The summed E-state index contributed by atoms with van der Waals surface area (Å²) < 4.78 is 15.8. The van der Waals surface area contributed by atoms with E-state index in [1.165, 1.54) is 0 Å². The number of aryl methyl sites for hydroxylation is 2. The van der Waals surface area contributed by atoms with Gasteiger partial charge in [0.2, 0.25) is 5.91 Å². The Hall–Kier alpha value is -3.35. The molecule has 2 aromatic carbocycles. The summed E-state index contributed by atoms with van der Waals surface area (Å²) in [5.41, 5.74) is 3.53. The second kappa shape index (κ2) is 7.90. The van der Waals surface area contributed by atoms with Crippen molar-refractivity contribution in [1.29, 1.82) is 0 Å². The maximum atomic E-state index is 12.3. The molecule has 0 radical (unpaired) electrons. The molecule has 0 spiro atoms. The van der Waals surface area contributed by atoms with E-state index in [9.17, 15) is 4.79 Å². The average molecular weight is 367 g/mol. The molecule has 1 amide bonds. The van der Waals surface area contributed by atoms with Crippen molar-refractivity contribution in [2.24, 2.45) is 0 Å². The number of hydrogen-bond acceptors (Lipinski definition) is 6. The Balaban J connectivity index is 1.72. The van der Waals surface area contributed by atoms with Crippen LogP contribution in [0.4, 0.5) is 5.69 Å². The number of carbonyl (C=O) groups is 1. The Labute approximate surface area is 157 Å². The monoisotopic (exact) mass is 367 g/mol. The molecule has 140 valence electrons. The normalized spacial score (nSPS) is 10.5. The van der Waals surface area contributed by atoms with Crippen LogP contribution in [0.3, 0.4) is 0 Å². The Morgan fingerprint density at radius 3 is 2.59 bits per heavy atom. The summed E-state index contributed by atoms with van der Waals surface area (Å²) in [5.74, 6) is 1.58. The molecule has 0 saturated heterocycles. The summed E-state index contributed by atoms with van der Waals surface area (Å²) in [7, 11) is 3.12. The van der Waals surface area contributed by atoms with Gasteiger partial charge in [-0.1, -0.05) is 17.3 Å². The second-order valence-corrected chi connectivity index (χ2v) is 6.13. The van der Waals surface area contributed by atoms with E-state index < -0.39 is 0 Å². The van der Waals surface area contributed by atoms with Gasteiger partial charge >= 0.3 is 0 Å². The van der Waals surface area contributed by atoms with Gasteiger partial charge in [-0.05, 0) is 49.2 Å². The van der Waals surface area contributed by atoms with Crippen LogP contribution in [0.15, 0.2) is 40.9 Å². The van der Waals surface area contributed by atoms with Crippen LogP contribution in [-0.4, -0.2) is 30.3 Å². The van der Waals surface area contributed by atoms with Crippen molar-refractivity contribution in [2.45, 2.75) is 20.3 Å². The molecule has 0 saturated carbocycles. The Kier molecular flexibility index (Phi) is 5.40. The van der Waals surface area contributed by atoms with Gasteiger partial charge in [-0.2, -0.15) is 4.98 Å². The average Bonchev–Trinajstić information content (AvgIpc) is 3.12. The Morgan fingerprint density at radius 1 is 1.07 bits per heavy atom. The smallest absolute Gasteiger partial charge is 0.258 e. The summed E-state index contributed by atoms with van der Waals surface area (Å²) >= 11 is 0. The lowest BCUT2D eigenvalue weighted by Crippen LogP contribution is -2.16. The largest absolute Gasteiger partial charge is 0.493 e. The van der Waals surface area contributed by atoms with Crippen LogP contribution in [-0.2, 0) is 11.2 Å². The van der Waals surface area contributed by atoms with Crippen LogP contribution in [0.25, 0.3) is 11.5 Å². The molecule has 0 unspecified atom stereocenters. The molecule has 27 heavy (non-hydrogen) atoms. The quantitative estimate of drug-likeness (QED) is 0.717. The van der Waals surface area contributed by atoms with Crippen LogP contribution < -0.4 is 14.8 Å². The van der Waals surface area contributed by atoms with Crippen LogP contribution >= 0.6 is 0 Å². The van der Waals surface area contributed by atoms with Gasteiger partial charge in [-0.25, -0.2) is 0 Å². The molecule has 0 atom stereocenters. The third-order valence-electron chi connectivity index (χ3n) is 4.08. The van der Waals surface area contributed by atoms with Crippen molar-refractivity contribution in [3.8, 4) is 23.0 Å². The molecule has 1 N–H and O–H groups in total. The zero-order chi connectivity index (χ0) is 19.4. The van der Waals surface area contributed by atoms with Crippen LogP contribution in [0, 0.1) is 13.8 Å². The number of anilines is 1. The fourth-order valence-corrected chi connectivity index (χ4v) is 2.62. The minimum atomic E-state index is -0.205. The van der Waals surface area contributed by atoms with Crippen molar-refractivity contribution in [1.82, 2.24) is 10.1 Å². The summed E-state index contributed by atoms with van der Waals surface area (Å²) in [4.78, 5) is 16.6. The fraction of sp³-hybridized carbons (Fsp3) is 0.250. The van der Waals surface area contributed by atoms with E-state index in [1.54, 1.807) is 32.4 Å². The number of rotatable bonds is 6. The molecule has 7 nitrogen and oxygen atoms in total. The molecule has 1 aromatic heterocycles. The highest BCUT2D eigenvalue weighted by molar-refractivity contribution is 5.92. The van der Waals surface area contributed by atoms with Gasteiger partial charge in [0.05, 0.1) is 20.6 Å². The van der Waals surface area contributed by atoms with Crippen LogP contribution in [0.2, 0.25) is 0 Å². The highest BCUT2D eigenvalue weighted by Gasteiger charge is 2.15. The zero-order valence-electron chi connectivity index (χ0n) is 15.7. The maximum Gasteiger partial charge on any atom is 0.258 e. The van der Waals surface area contributed by atoms with E-state index in [4.69, 9.17) is 14.0 Å². The van der Waals surface area contributed by atoms with Crippen molar-refractivity contribution >= 4 is 11.6 Å². The van der Waals surface area contributed by atoms with Crippen molar-refractivity contribution < 1.29 is 18.8 Å². The summed E-state index contributed by atoms with van der Waals surface area (Å²) in [6, 6.07) is 11.2. The van der Waals surface area contributed by atoms with E-state index >= 15 is 0 Å². The summed E-state index contributed by atoms with van der Waals surface area (Å²) in [6.45, 7) is 3.92. The van der Waals surface area contributed by atoms with Gasteiger partial charge in [0, 0.05) is 11.3 Å². The molecule has 0 fully saturated rings. The van der Waals surface area contributed by atoms with E-state index in [0.29, 0.717) is 28.8 Å². The van der Waals surface area contributed by atoms with E-state index in [-0.39, 0.29) is 12.3 Å². The number of hydrogen-bond donors (Lipinski definition) is 1. The SMILES string of the molecule is COc1ccc(-c2nc(CC(=O)Nc3cc(C)ccc3C)no2)cc1OC. The molecule has 0 aliphatic rings. The minimum absolute atomic E-state index is 0.0180. The van der Waals surface area contributed by atoms with Gasteiger partial charge in [0.25, 0.3) is 5.89 Å². The van der Waals surface area contributed by atoms with Crippen molar-refractivity contribution in [3.63, 3.8) is 0 Å². The second-order valence-electron chi connectivity index (χ2n) is 6.13. The summed E-state index contributed by atoms with van der Waals surface area (Å²) in [5, 5.41) is 6.78. The van der Waals surface area contributed by atoms with Crippen molar-refractivity contribution in [3.05, 3.63) is 53.3 Å². The number of amides is 1. The first-order chi connectivity index (χ1) is 13.0. The number of carbonyl (C=O) groups excluding carboxylic acids is 1. The van der Waals surface area contributed by atoms with E-state index in [0.717, 1.165) is 16.8 Å². The molecular weight excluding hydrogens is 346 g/mol. The van der Waals surface area contributed by atoms with E-state index in [1.807, 2.05) is 32.0 Å². The Morgan fingerprint density at radius 2 is 1.85 bits per heavy atom. The van der Waals surface area contributed by atoms with Gasteiger partial charge in [-0.3, -0.25) is 4.79 Å². The molecule has 0 aliphatic carbocycles. The minimum Gasteiger partial charge on any atom is -0.493 e. The predicted octanol–water partition coefficient (Wildman–Crippen LogP) is 3.55. The molecular formula is C20H21N3O4. The number of nitrogens with one attached hydrogen (secondary N) is 1. The molecule has 7 heteroatoms. The first-order valence-corrected chi connectivity index (χ1v) is 8.42. The standard InChI is InChI=1S/C20H21N3O4/c1-12-5-6-13(2)15(9-12)21-19(24)11-18-22-20(27-23-18)14-7-8-16(25-3)17(10-14)26-4/h5-10H,11H2,1-4H3,(H,21,24). The lowest BCUT2D eigenvalue weighted by Gasteiger charge is -2.08. The molecule has 3 rings (SSSR count). The number of aromatic nitrogens is 2. The molecule has 1 heterocycles. The number of benzene rings is 2. The topological polar surface area (TPSA) is 86.5 Å². The van der Waals surface area contributed by atoms with E-state index in [2.05, 4.69) is 15.5 Å². The fourth-order valence-electron chi connectivity index (χ4n) is 2.62. The summed E-state index contributed by atoms with van der Waals surface area (Å²) in [6.07, 6.45) is 0.0180. The number of methoxy groups -OCH3 is 2. The molecule has 0 bridgehead atoms. The Bertz CT molecular complexity index is 966. The van der Waals surface area contributed by atoms with Crippen LogP contribution in [0.1, 0.15) is 17.0 Å². The zero-order valence-corrected chi connectivity index (χ0v) is 15.7. The highest BCUT2D eigenvalue weighted by Crippen LogP contribution is 2.31. The third kappa shape index (κ3) is 4.25.